The molecule has 1 rings (SSSR count). The van der Waals surface area contributed by atoms with E-state index >= 15 is 0 Å². The van der Waals surface area contributed by atoms with Gasteiger partial charge in [0.15, 0.2) is 5.78 Å². The molecule has 11 heavy (non-hydrogen) atoms. The number of hydrogen-bond donors (Lipinski definition) is 0. The van der Waals surface area contributed by atoms with Crippen molar-refractivity contribution in [3.05, 3.63) is 23.8 Å². The zero-order valence-electron chi connectivity index (χ0n) is 7.35. The summed E-state index contributed by atoms with van der Waals surface area (Å²) in [5, 5.41) is 0. The summed E-state index contributed by atoms with van der Waals surface area (Å²) in [5.41, 5.74) is 1.01. The first-order valence-electron chi connectivity index (χ1n) is 3.92. The quantitative estimate of drug-likeness (QED) is 0.518. The number of carbonyl (C=O) groups excluding carboxylic acids is 1. The van der Waals surface area contributed by atoms with Gasteiger partial charge >= 0.3 is 0 Å². The minimum atomic E-state index is 0.146. The van der Waals surface area contributed by atoms with Gasteiger partial charge in [-0.2, -0.15) is 0 Å². The normalized spacial score (nSPS) is 22.8. The van der Waals surface area contributed by atoms with Crippen LogP contribution in [0.25, 0.3) is 0 Å². The van der Waals surface area contributed by atoms with Gasteiger partial charge in [0.25, 0.3) is 0 Å². The lowest BCUT2D eigenvalue weighted by atomic mass is 9.90. The highest BCUT2D eigenvalue weighted by Crippen LogP contribution is 2.26. The smallest absolute Gasteiger partial charge is 0.180 e. The molecule has 0 saturated carbocycles. The van der Waals surface area contributed by atoms with Gasteiger partial charge in [-0.3, -0.25) is 4.79 Å². The van der Waals surface area contributed by atoms with Crippen LogP contribution < -0.4 is 0 Å². The van der Waals surface area contributed by atoms with Crippen molar-refractivity contribution in [2.24, 2.45) is 5.41 Å². The Morgan fingerprint density at radius 3 is 2.73 bits per heavy atom. The molecule has 0 N–H and O–H groups in total. The van der Waals surface area contributed by atoms with Crippen LogP contribution in [0.15, 0.2) is 23.8 Å². The van der Waals surface area contributed by atoms with Crippen LogP contribution in [0.1, 0.15) is 27.2 Å². The van der Waals surface area contributed by atoms with Gasteiger partial charge in [-0.25, -0.2) is 0 Å². The van der Waals surface area contributed by atoms with Crippen LogP contribution in [-0.4, -0.2) is 5.78 Å². The van der Waals surface area contributed by atoms with Gasteiger partial charge in [0, 0.05) is 0 Å². The Kier molecular flexibility index (Phi) is 1.99. The van der Waals surface area contributed by atoms with Crippen molar-refractivity contribution >= 4 is 5.78 Å². The first kappa shape index (κ1) is 8.25. The van der Waals surface area contributed by atoms with Crippen LogP contribution in [0.5, 0.6) is 0 Å². The highest BCUT2D eigenvalue weighted by molar-refractivity contribution is 6.03. The van der Waals surface area contributed by atoms with E-state index in [1.807, 2.05) is 19.1 Å². The molecule has 0 atom stereocenters. The average Bonchev–Trinajstić information content (AvgIpc) is 2.03. The van der Waals surface area contributed by atoms with E-state index in [-0.39, 0.29) is 11.2 Å². The van der Waals surface area contributed by atoms with Crippen molar-refractivity contribution in [2.45, 2.75) is 27.2 Å². The topological polar surface area (TPSA) is 17.1 Å². The van der Waals surface area contributed by atoms with Crippen LogP contribution in [0, 0.1) is 5.41 Å². The minimum absolute atomic E-state index is 0.146. The Balaban J connectivity index is 2.92. The Bertz CT molecular complexity index is 231. The maximum Gasteiger partial charge on any atom is 0.180 e. The molecular formula is C10H14O. The third-order valence-corrected chi connectivity index (χ3v) is 2.01. The number of rotatable bonds is 0. The summed E-state index contributed by atoms with van der Waals surface area (Å²) in [6.07, 6.45) is 6.64. The fraction of sp³-hybridized carbons (Fsp3) is 0.500. The molecule has 0 bridgehead atoms. The molecular weight excluding hydrogens is 136 g/mol. The fourth-order valence-corrected chi connectivity index (χ4v) is 1.02. The molecule has 1 aliphatic carbocycles. The van der Waals surface area contributed by atoms with Gasteiger partial charge in [-0.1, -0.05) is 26.0 Å². The summed E-state index contributed by atoms with van der Waals surface area (Å²) in [5.74, 6) is 0.149. The van der Waals surface area contributed by atoms with E-state index in [9.17, 15) is 4.79 Å². The van der Waals surface area contributed by atoms with Crippen molar-refractivity contribution in [1.82, 2.24) is 0 Å². The van der Waals surface area contributed by atoms with E-state index in [1.54, 1.807) is 6.08 Å². The third-order valence-electron chi connectivity index (χ3n) is 2.01. The average molecular weight is 150 g/mol. The molecule has 1 aliphatic rings. The van der Waals surface area contributed by atoms with E-state index in [2.05, 4.69) is 13.8 Å². The molecule has 0 amide bonds. The molecule has 0 heterocycles. The zero-order chi connectivity index (χ0) is 8.48. The Morgan fingerprint density at radius 2 is 2.09 bits per heavy atom. The molecule has 60 valence electrons. The number of ketones is 1. The first-order valence-corrected chi connectivity index (χ1v) is 3.92. The summed E-state index contributed by atoms with van der Waals surface area (Å²) in [6.45, 7) is 6.13. The monoisotopic (exact) mass is 150 g/mol. The Hall–Kier alpha value is -0.850. The van der Waals surface area contributed by atoms with Gasteiger partial charge in [0.2, 0.25) is 0 Å². The molecule has 0 aromatic carbocycles. The second kappa shape index (κ2) is 2.65. The third kappa shape index (κ3) is 2.04. The lowest BCUT2D eigenvalue weighted by Gasteiger charge is -2.15. The number of carbonyl (C=O) groups is 1. The van der Waals surface area contributed by atoms with Crippen LogP contribution in [0.4, 0.5) is 0 Å². The van der Waals surface area contributed by atoms with E-state index in [4.69, 9.17) is 0 Å². The molecule has 0 saturated heterocycles. The fourth-order valence-electron chi connectivity index (χ4n) is 1.02. The Morgan fingerprint density at radius 1 is 1.45 bits per heavy atom. The lowest BCUT2D eigenvalue weighted by molar-refractivity contribution is -0.111. The van der Waals surface area contributed by atoms with Crippen molar-refractivity contribution in [2.75, 3.05) is 0 Å². The summed E-state index contributed by atoms with van der Waals surface area (Å²) in [6, 6.07) is 0. The second-order valence-electron chi connectivity index (χ2n) is 3.78. The van der Waals surface area contributed by atoms with Gasteiger partial charge in [0.05, 0.1) is 0 Å². The maximum absolute atomic E-state index is 11.1. The highest BCUT2D eigenvalue weighted by Gasteiger charge is 2.16. The highest BCUT2D eigenvalue weighted by atomic mass is 16.1. The summed E-state index contributed by atoms with van der Waals surface area (Å²) in [4.78, 5) is 11.1. The maximum atomic E-state index is 11.1. The van der Waals surface area contributed by atoms with Gasteiger partial charge in [-0.05, 0) is 30.4 Å². The van der Waals surface area contributed by atoms with Gasteiger partial charge < -0.3 is 0 Å². The molecule has 1 heteroatoms. The molecule has 0 fully saturated rings. The van der Waals surface area contributed by atoms with Crippen molar-refractivity contribution in [3.8, 4) is 0 Å². The largest absolute Gasteiger partial charge is 0.290 e. The van der Waals surface area contributed by atoms with Crippen molar-refractivity contribution in [3.63, 3.8) is 0 Å². The van der Waals surface area contributed by atoms with Crippen LogP contribution in [0.3, 0.4) is 0 Å². The molecule has 0 aliphatic heterocycles. The van der Waals surface area contributed by atoms with E-state index in [0.717, 1.165) is 12.0 Å². The summed E-state index contributed by atoms with van der Waals surface area (Å²) in [7, 11) is 0. The molecule has 0 radical (unpaired) electrons. The zero-order valence-corrected chi connectivity index (χ0v) is 7.35. The predicted octanol–water partition coefficient (Wildman–Crippen LogP) is 2.49. The van der Waals surface area contributed by atoms with Crippen molar-refractivity contribution in [1.29, 1.82) is 0 Å². The second-order valence-corrected chi connectivity index (χ2v) is 3.78. The van der Waals surface area contributed by atoms with Crippen molar-refractivity contribution < 1.29 is 4.79 Å². The number of hydrogen-bond acceptors (Lipinski definition) is 1. The summed E-state index contributed by atoms with van der Waals surface area (Å²) >= 11 is 0. The molecule has 0 unspecified atom stereocenters. The number of allylic oxidation sites excluding steroid dienone is 4. The van der Waals surface area contributed by atoms with Crippen LogP contribution in [0.2, 0.25) is 0 Å². The minimum Gasteiger partial charge on any atom is -0.290 e. The predicted molar refractivity (Wildman–Crippen MR) is 46.3 cm³/mol. The van der Waals surface area contributed by atoms with E-state index in [0.29, 0.717) is 0 Å². The van der Waals surface area contributed by atoms with Crippen LogP contribution in [-0.2, 0) is 4.79 Å². The summed E-state index contributed by atoms with van der Waals surface area (Å²) < 4.78 is 0. The molecule has 0 aromatic heterocycles. The lowest BCUT2D eigenvalue weighted by Crippen LogP contribution is -2.03. The van der Waals surface area contributed by atoms with E-state index in [1.165, 1.54) is 0 Å². The van der Waals surface area contributed by atoms with E-state index < -0.39 is 0 Å². The molecule has 0 spiro atoms. The standard InChI is InChI=1S/C10H14O/c1-8-4-6-10(2,3)7-5-9(8)11/h4-5,7H,6H2,1-3H3. The first-order chi connectivity index (χ1) is 5.01. The SMILES string of the molecule is CC1=CCC(C)(C)C=CC1=O. The van der Waals surface area contributed by atoms with Gasteiger partial charge in [-0.15, -0.1) is 0 Å². The van der Waals surface area contributed by atoms with Gasteiger partial charge in [0.1, 0.15) is 0 Å². The molecule has 1 nitrogen and oxygen atoms in total. The molecule has 0 aromatic rings. The Labute approximate surface area is 67.8 Å². The van der Waals surface area contributed by atoms with Crippen LogP contribution >= 0.6 is 0 Å².